The molecule has 5 heteroatoms. The molecule has 0 amide bonds. The first-order valence-corrected chi connectivity index (χ1v) is 7.76. The van der Waals surface area contributed by atoms with Gasteiger partial charge in [-0.1, -0.05) is 24.3 Å². The van der Waals surface area contributed by atoms with Crippen LogP contribution >= 0.6 is 0 Å². The number of ether oxygens (including phenoxy) is 1. The summed E-state index contributed by atoms with van der Waals surface area (Å²) in [7, 11) is 0. The molecular formula is C18H20N2O3. The minimum absolute atomic E-state index is 0.0697. The Hall–Kier alpha value is -2.24. The van der Waals surface area contributed by atoms with Crippen LogP contribution in [0.4, 0.5) is 0 Å². The maximum absolute atomic E-state index is 11.0. The third-order valence-corrected chi connectivity index (χ3v) is 4.03. The van der Waals surface area contributed by atoms with Crippen molar-refractivity contribution >= 4 is 5.97 Å². The molecule has 1 atom stereocenters. The zero-order valence-electron chi connectivity index (χ0n) is 12.9. The summed E-state index contributed by atoms with van der Waals surface area (Å²) in [6.45, 7) is 2.61. The van der Waals surface area contributed by atoms with Gasteiger partial charge in [-0.05, 0) is 23.8 Å². The van der Waals surface area contributed by atoms with Crippen LogP contribution in [0.15, 0.2) is 48.7 Å². The SMILES string of the molecule is O=C(O)C[C@@H]1COCCN1Cc1cccc(-c2ccccn2)c1. The Kier molecular flexibility index (Phi) is 5.00. The average Bonchev–Trinajstić information content (AvgIpc) is 2.57. The van der Waals surface area contributed by atoms with Gasteiger partial charge in [0.1, 0.15) is 0 Å². The fourth-order valence-electron chi connectivity index (χ4n) is 2.88. The zero-order chi connectivity index (χ0) is 16.1. The van der Waals surface area contributed by atoms with Crippen molar-refractivity contribution in [2.45, 2.75) is 19.0 Å². The number of hydrogen-bond acceptors (Lipinski definition) is 4. The van der Waals surface area contributed by atoms with Crippen LogP contribution in [0.5, 0.6) is 0 Å². The predicted octanol–water partition coefficient (Wildman–Crippen LogP) is 2.42. The summed E-state index contributed by atoms with van der Waals surface area (Å²) in [6, 6.07) is 14.0. The Labute approximate surface area is 135 Å². The Morgan fingerprint density at radius 2 is 2.22 bits per heavy atom. The van der Waals surface area contributed by atoms with Gasteiger partial charge in [0.05, 0.1) is 25.3 Å². The number of morpholine rings is 1. The lowest BCUT2D eigenvalue weighted by atomic mass is 10.1. The summed E-state index contributed by atoms with van der Waals surface area (Å²) >= 11 is 0. The first-order chi connectivity index (χ1) is 11.2. The number of carboxylic acid groups (broad SMARTS) is 1. The van der Waals surface area contributed by atoms with Gasteiger partial charge in [0.2, 0.25) is 0 Å². The van der Waals surface area contributed by atoms with Crippen LogP contribution < -0.4 is 0 Å². The summed E-state index contributed by atoms with van der Waals surface area (Å²) < 4.78 is 5.43. The van der Waals surface area contributed by atoms with E-state index < -0.39 is 5.97 Å². The third kappa shape index (κ3) is 4.15. The number of rotatable bonds is 5. The van der Waals surface area contributed by atoms with Gasteiger partial charge in [-0.25, -0.2) is 0 Å². The molecule has 1 aliphatic heterocycles. The molecule has 1 aromatic heterocycles. The maximum atomic E-state index is 11.0. The van der Waals surface area contributed by atoms with Crippen molar-refractivity contribution in [3.63, 3.8) is 0 Å². The minimum Gasteiger partial charge on any atom is -0.481 e. The summed E-state index contributed by atoms with van der Waals surface area (Å²) in [5.74, 6) is -0.785. The Bertz CT molecular complexity index is 660. The van der Waals surface area contributed by atoms with E-state index in [1.165, 1.54) is 0 Å². The lowest BCUT2D eigenvalue weighted by Gasteiger charge is -2.34. The van der Waals surface area contributed by atoms with Crippen molar-refractivity contribution in [1.29, 1.82) is 0 Å². The predicted molar refractivity (Wildman–Crippen MR) is 86.9 cm³/mol. The van der Waals surface area contributed by atoms with Gasteiger partial charge >= 0.3 is 5.97 Å². The highest BCUT2D eigenvalue weighted by Crippen LogP contribution is 2.20. The lowest BCUT2D eigenvalue weighted by molar-refractivity contribution is -0.140. The van der Waals surface area contributed by atoms with E-state index in [4.69, 9.17) is 9.84 Å². The van der Waals surface area contributed by atoms with Crippen LogP contribution in [0.1, 0.15) is 12.0 Å². The van der Waals surface area contributed by atoms with Crippen LogP contribution in [-0.4, -0.2) is 46.8 Å². The van der Waals surface area contributed by atoms with Gasteiger partial charge in [-0.15, -0.1) is 0 Å². The average molecular weight is 312 g/mol. The smallest absolute Gasteiger partial charge is 0.305 e. The molecule has 1 aliphatic rings. The fraction of sp³-hybridized carbons (Fsp3) is 0.333. The van der Waals surface area contributed by atoms with Crippen LogP contribution in [-0.2, 0) is 16.1 Å². The highest BCUT2D eigenvalue weighted by Gasteiger charge is 2.25. The third-order valence-electron chi connectivity index (χ3n) is 4.03. The van der Waals surface area contributed by atoms with Crippen molar-refractivity contribution in [2.24, 2.45) is 0 Å². The first kappa shape index (κ1) is 15.6. The van der Waals surface area contributed by atoms with E-state index in [-0.39, 0.29) is 12.5 Å². The van der Waals surface area contributed by atoms with Gasteiger partial charge < -0.3 is 9.84 Å². The van der Waals surface area contributed by atoms with Crippen molar-refractivity contribution in [3.8, 4) is 11.3 Å². The molecule has 0 spiro atoms. The van der Waals surface area contributed by atoms with Gasteiger partial charge in [-0.3, -0.25) is 14.7 Å². The molecule has 2 heterocycles. The molecule has 0 aliphatic carbocycles. The summed E-state index contributed by atoms with van der Waals surface area (Å²) in [5, 5.41) is 9.05. The summed E-state index contributed by atoms with van der Waals surface area (Å²) in [6.07, 6.45) is 1.90. The number of carboxylic acids is 1. The maximum Gasteiger partial charge on any atom is 0.305 e. The molecule has 3 rings (SSSR count). The minimum atomic E-state index is -0.785. The zero-order valence-corrected chi connectivity index (χ0v) is 12.9. The molecule has 0 unspecified atom stereocenters. The van der Waals surface area contributed by atoms with E-state index in [0.717, 1.165) is 29.9 Å². The van der Waals surface area contributed by atoms with E-state index in [9.17, 15) is 4.79 Å². The van der Waals surface area contributed by atoms with Crippen molar-refractivity contribution < 1.29 is 14.6 Å². The number of hydrogen-bond donors (Lipinski definition) is 1. The molecular weight excluding hydrogens is 292 g/mol. The second-order valence-electron chi connectivity index (χ2n) is 5.71. The van der Waals surface area contributed by atoms with Crippen molar-refractivity contribution in [3.05, 3.63) is 54.2 Å². The molecule has 0 saturated carbocycles. The largest absolute Gasteiger partial charge is 0.481 e. The Balaban J connectivity index is 1.75. The molecule has 23 heavy (non-hydrogen) atoms. The number of aromatic nitrogens is 1. The van der Waals surface area contributed by atoms with Gasteiger partial charge in [-0.2, -0.15) is 0 Å². The standard InChI is InChI=1S/C18H20N2O3/c21-18(22)11-16-13-23-9-8-20(16)12-14-4-3-5-15(10-14)17-6-1-2-7-19-17/h1-7,10,16H,8-9,11-13H2,(H,21,22)/t16-/m1/s1. The van der Waals surface area contributed by atoms with E-state index in [1.54, 1.807) is 6.20 Å². The van der Waals surface area contributed by atoms with E-state index in [0.29, 0.717) is 13.2 Å². The number of pyridine rings is 1. The monoisotopic (exact) mass is 312 g/mol. The molecule has 0 bridgehead atoms. The van der Waals surface area contributed by atoms with E-state index >= 15 is 0 Å². The summed E-state index contributed by atoms with van der Waals surface area (Å²) in [4.78, 5) is 17.6. The normalized spacial score (nSPS) is 18.7. The fourth-order valence-corrected chi connectivity index (χ4v) is 2.88. The quantitative estimate of drug-likeness (QED) is 0.918. The van der Waals surface area contributed by atoms with Gasteiger partial charge in [0, 0.05) is 30.9 Å². The van der Waals surface area contributed by atoms with Crippen LogP contribution in [0.25, 0.3) is 11.3 Å². The van der Waals surface area contributed by atoms with Crippen molar-refractivity contribution in [1.82, 2.24) is 9.88 Å². The van der Waals surface area contributed by atoms with E-state index in [2.05, 4.69) is 22.0 Å². The number of carbonyl (C=O) groups is 1. The first-order valence-electron chi connectivity index (χ1n) is 7.76. The molecule has 5 nitrogen and oxygen atoms in total. The van der Waals surface area contributed by atoms with Crippen LogP contribution in [0.3, 0.4) is 0 Å². The molecule has 1 fully saturated rings. The van der Waals surface area contributed by atoms with E-state index in [1.807, 2.05) is 30.3 Å². The molecule has 2 aromatic rings. The number of benzene rings is 1. The number of nitrogens with zero attached hydrogens (tertiary/aromatic N) is 2. The van der Waals surface area contributed by atoms with Crippen molar-refractivity contribution in [2.75, 3.05) is 19.8 Å². The number of aliphatic carboxylic acids is 1. The molecule has 0 radical (unpaired) electrons. The highest BCUT2D eigenvalue weighted by atomic mass is 16.5. The van der Waals surface area contributed by atoms with Crippen LogP contribution in [0, 0.1) is 0 Å². The van der Waals surface area contributed by atoms with Gasteiger partial charge in [0.15, 0.2) is 0 Å². The molecule has 1 N–H and O–H groups in total. The second kappa shape index (κ2) is 7.35. The molecule has 1 aromatic carbocycles. The topological polar surface area (TPSA) is 62.7 Å². The van der Waals surface area contributed by atoms with Gasteiger partial charge in [0.25, 0.3) is 0 Å². The highest BCUT2D eigenvalue weighted by molar-refractivity contribution is 5.67. The summed E-state index contributed by atoms with van der Waals surface area (Å²) in [5.41, 5.74) is 3.18. The second-order valence-corrected chi connectivity index (χ2v) is 5.71. The van der Waals surface area contributed by atoms with Crippen LogP contribution in [0.2, 0.25) is 0 Å². The Morgan fingerprint density at radius 3 is 3.00 bits per heavy atom. The molecule has 1 saturated heterocycles. The Morgan fingerprint density at radius 1 is 1.30 bits per heavy atom. The lowest BCUT2D eigenvalue weighted by Crippen LogP contribution is -2.45. The molecule has 120 valence electrons.